The molecule has 3 aromatic rings. The Bertz CT molecular complexity index is 810. The van der Waals surface area contributed by atoms with Crippen molar-refractivity contribution in [2.75, 3.05) is 17.2 Å². The highest BCUT2D eigenvalue weighted by Gasteiger charge is 2.19. The molecule has 4 rings (SSSR count). The number of hydrogen-bond acceptors (Lipinski definition) is 3. The van der Waals surface area contributed by atoms with Gasteiger partial charge in [0.25, 0.3) is 0 Å². The summed E-state index contributed by atoms with van der Waals surface area (Å²) in [4.78, 5) is 6.61. The smallest absolute Gasteiger partial charge is 0.0493 e. The van der Waals surface area contributed by atoms with Crippen molar-refractivity contribution in [1.29, 1.82) is 0 Å². The van der Waals surface area contributed by atoms with E-state index >= 15 is 0 Å². The highest BCUT2D eigenvalue weighted by molar-refractivity contribution is 6.02. The van der Waals surface area contributed by atoms with E-state index in [2.05, 4.69) is 46.3 Å². The molecule has 3 heteroatoms. The topological polar surface area (TPSA) is 42.1 Å². The standard InChI is InChI=1S/C18H17N3/c19-16-7-8-18(14-9-10-20-12-15(14)16)21-11-3-5-13-4-1-2-6-17(13)21/h1-2,4,6-10,12H,3,5,11,19H2. The number of pyridine rings is 1. The molecule has 1 aromatic heterocycles. The first-order valence-corrected chi connectivity index (χ1v) is 7.32. The van der Waals surface area contributed by atoms with Gasteiger partial charge in [-0.1, -0.05) is 18.2 Å². The second-order valence-corrected chi connectivity index (χ2v) is 5.48. The van der Waals surface area contributed by atoms with Crippen LogP contribution in [0.5, 0.6) is 0 Å². The van der Waals surface area contributed by atoms with Crippen molar-refractivity contribution in [3.8, 4) is 0 Å². The van der Waals surface area contributed by atoms with Gasteiger partial charge in [0.15, 0.2) is 0 Å². The van der Waals surface area contributed by atoms with E-state index in [0.29, 0.717) is 0 Å². The molecule has 2 heterocycles. The lowest BCUT2D eigenvalue weighted by Crippen LogP contribution is -2.24. The molecule has 0 amide bonds. The molecule has 0 unspecified atom stereocenters. The number of benzene rings is 2. The molecule has 0 atom stereocenters. The fraction of sp³-hybridized carbons (Fsp3) is 0.167. The van der Waals surface area contributed by atoms with Gasteiger partial charge in [-0.25, -0.2) is 0 Å². The molecule has 21 heavy (non-hydrogen) atoms. The molecule has 0 bridgehead atoms. The molecule has 2 aromatic carbocycles. The normalized spacial score (nSPS) is 14.2. The molecular weight excluding hydrogens is 258 g/mol. The summed E-state index contributed by atoms with van der Waals surface area (Å²) in [7, 11) is 0. The first-order chi connectivity index (χ1) is 10.3. The minimum absolute atomic E-state index is 0.784. The SMILES string of the molecule is Nc1ccc(N2CCCc3ccccc32)c2ccncc12. The predicted molar refractivity (Wildman–Crippen MR) is 87.9 cm³/mol. The van der Waals surface area contributed by atoms with Crippen LogP contribution in [-0.2, 0) is 6.42 Å². The highest BCUT2D eigenvalue weighted by Crippen LogP contribution is 2.38. The Morgan fingerprint density at radius 2 is 1.86 bits per heavy atom. The summed E-state index contributed by atoms with van der Waals surface area (Å²) in [6.45, 7) is 1.04. The molecule has 0 aliphatic carbocycles. The molecule has 0 spiro atoms. The van der Waals surface area contributed by atoms with Gasteiger partial charge in [0.2, 0.25) is 0 Å². The van der Waals surface area contributed by atoms with E-state index in [-0.39, 0.29) is 0 Å². The number of para-hydroxylation sites is 1. The van der Waals surface area contributed by atoms with Crippen molar-refractivity contribution >= 4 is 27.8 Å². The highest BCUT2D eigenvalue weighted by atomic mass is 15.1. The van der Waals surface area contributed by atoms with Crippen LogP contribution in [0.25, 0.3) is 10.8 Å². The van der Waals surface area contributed by atoms with Gasteiger partial charge in [-0.3, -0.25) is 4.98 Å². The van der Waals surface area contributed by atoms with Crippen molar-refractivity contribution in [3.63, 3.8) is 0 Å². The number of nitrogens with zero attached hydrogens (tertiary/aromatic N) is 2. The maximum absolute atomic E-state index is 6.09. The third kappa shape index (κ3) is 1.93. The van der Waals surface area contributed by atoms with E-state index in [1.807, 2.05) is 18.5 Å². The van der Waals surface area contributed by atoms with Crippen LogP contribution < -0.4 is 10.6 Å². The number of fused-ring (bicyclic) bond motifs is 2. The molecule has 0 saturated heterocycles. The maximum atomic E-state index is 6.09. The lowest BCUT2D eigenvalue weighted by Gasteiger charge is -2.32. The Balaban J connectivity index is 1.94. The minimum Gasteiger partial charge on any atom is -0.398 e. The minimum atomic E-state index is 0.784. The van der Waals surface area contributed by atoms with E-state index in [1.54, 1.807) is 0 Å². The van der Waals surface area contributed by atoms with E-state index in [1.165, 1.54) is 28.7 Å². The van der Waals surface area contributed by atoms with Crippen LogP contribution in [0.15, 0.2) is 54.9 Å². The number of aryl methyl sites for hydroxylation is 1. The van der Waals surface area contributed by atoms with Gasteiger partial charge in [0.05, 0.1) is 0 Å². The largest absolute Gasteiger partial charge is 0.398 e. The average Bonchev–Trinajstić information content (AvgIpc) is 2.55. The van der Waals surface area contributed by atoms with Crippen LogP contribution in [0.4, 0.5) is 17.1 Å². The summed E-state index contributed by atoms with van der Waals surface area (Å²) in [5, 5.41) is 2.19. The van der Waals surface area contributed by atoms with Crippen molar-refractivity contribution in [1.82, 2.24) is 4.98 Å². The molecule has 2 N–H and O–H groups in total. The number of nitrogen functional groups attached to an aromatic ring is 1. The Hall–Kier alpha value is -2.55. The van der Waals surface area contributed by atoms with Gasteiger partial charge in [-0.05, 0) is 42.7 Å². The van der Waals surface area contributed by atoms with E-state index < -0.39 is 0 Å². The number of aromatic nitrogens is 1. The molecule has 0 fully saturated rings. The maximum Gasteiger partial charge on any atom is 0.0493 e. The molecule has 0 radical (unpaired) electrons. The van der Waals surface area contributed by atoms with Crippen molar-refractivity contribution in [2.45, 2.75) is 12.8 Å². The van der Waals surface area contributed by atoms with Crippen LogP contribution in [0.2, 0.25) is 0 Å². The van der Waals surface area contributed by atoms with Gasteiger partial charge >= 0.3 is 0 Å². The van der Waals surface area contributed by atoms with Gasteiger partial charge in [-0.15, -0.1) is 0 Å². The quantitative estimate of drug-likeness (QED) is 0.685. The summed E-state index contributed by atoms with van der Waals surface area (Å²) < 4.78 is 0. The molecular formula is C18H17N3. The Morgan fingerprint density at radius 1 is 0.952 bits per heavy atom. The van der Waals surface area contributed by atoms with Gasteiger partial charge in [0, 0.05) is 46.8 Å². The van der Waals surface area contributed by atoms with Crippen LogP contribution in [0.3, 0.4) is 0 Å². The number of anilines is 3. The van der Waals surface area contributed by atoms with Crippen LogP contribution in [0.1, 0.15) is 12.0 Å². The second-order valence-electron chi connectivity index (χ2n) is 5.48. The predicted octanol–water partition coefficient (Wildman–Crippen LogP) is 3.90. The van der Waals surface area contributed by atoms with Crippen molar-refractivity contribution < 1.29 is 0 Å². The average molecular weight is 275 g/mol. The van der Waals surface area contributed by atoms with Crippen LogP contribution >= 0.6 is 0 Å². The fourth-order valence-electron chi connectivity index (χ4n) is 3.22. The van der Waals surface area contributed by atoms with Gasteiger partial charge < -0.3 is 10.6 Å². The first kappa shape index (κ1) is 12.2. The van der Waals surface area contributed by atoms with Crippen molar-refractivity contribution in [3.05, 3.63) is 60.4 Å². The number of rotatable bonds is 1. The zero-order valence-electron chi connectivity index (χ0n) is 11.8. The van der Waals surface area contributed by atoms with Gasteiger partial charge in [0.1, 0.15) is 0 Å². The Kier molecular flexibility index (Phi) is 2.78. The third-order valence-electron chi connectivity index (χ3n) is 4.23. The monoisotopic (exact) mass is 275 g/mol. The summed E-state index contributed by atoms with van der Waals surface area (Å²) in [5.74, 6) is 0. The molecule has 104 valence electrons. The molecule has 0 saturated carbocycles. The lowest BCUT2D eigenvalue weighted by atomic mass is 9.99. The molecule has 1 aliphatic heterocycles. The third-order valence-corrected chi connectivity index (χ3v) is 4.23. The van der Waals surface area contributed by atoms with E-state index in [0.717, 1.165) is 24.0 Å². The van der Waals surface area contributed by atoms with Gasteiger partial charge in [-0.2, -0.15) is 0 Å². The van der Waals surface area contributed by atoms with Crippen LogP contribution in [0, 0.1) is 0 Å². The molecule has 3 nitrogen and oxygen atoms in total. The van der Waals surface area contributed by atoms with E-state index in [9.17, 15) is 0 Å². The second kappa shape index (κ2) is 4.77. The first-order valence-electron chi connectivity index (χ1n) is 7.32. The molecule has 1 aliphatic rings. The van der Waals surface area contributed by atoms with Crippen LogP contribution in [-0.4, -0.2) is 11.5 Å². The fourth-order valence-corrected chi connectivity index (χ4v) is 3.22. The summed E-state index contributed by atoms with van der Waals surface area (Å²) in [6, 6.07) is 14.8. The zero-order valence-corrected chi connectivity index (χ0v) is 11.8. The summed E-state index contributed by atoms with van der Waals surface area (Å²) in [5.41, 5.74) is 10.8. The summed E-state index contributed by atoms with van der Waals surface area (Å²) in [6.07, 6.45) is 6.01. The zero-order chi connectivity index (χ0) is 14.2. The number of hydrogen-bond donors (Lipinski definition) is 1. The van der Waals surface area contributed by atoms with Crippen molar-refractivity contribution in [2.24, 2.45) is 0 Å². The Morgan fingerprint density at radius 3 is 2.81 bits per heavy atom. The summed E-state index contributed by atoms with van der Waals surface area (Å²) >= 11 is 0. The lowest BCUT2D eigenvalue weighted by molar-refractivity contribution is 0.768. The Labute approximate surface area is 124 Å². The van der Waals surface area contributed by atoms with E-state index in [4.69, 9.17) is 5.73 Å². The number of nitrogens with two attached hydrogens (primary N) is 1.